The highest BCUT2D eigenvalue weighted by molar-refractivity contribution is 8.14. The van der Waals surface area contributed by atoms with E-state index in [1.807, 2.05) is 23.9 Å². The van der Waals surface area contributed by atoms with Gasteiger partial charge < -0.3 is 13.8 Å². The molecule has 2 aromatic heterocycles. The lowest BCUT2D eigenvalue weighted by Crippen LogP contribution is -2.47. The van der Waals surface area contributed by atoms with Crippen LogP contribution in [0.1, 0.15) is 12.8 Å². The van der Waals surface area contributed by atoms with Crippen molar-refractivity contribution in [3.05, 3.63) is 24.3 Å². The molecule has 1 saturated heterocycles. The lowest BCUT2D eigenvalue weighted by molar-refractivity contribution is 0.159. The summed E-state index contributed by atoms with van der Waals surface area (Å²) in [5.74, 6) is 1.77. The van der Waals surface area contributed by atoms with Gasteiger partial charge in [0.05, 0.1) is 19.4 Å². The van der Waals surface area contributed by atoms with Crippen molar-refractivity contribution in [3.8, 4) is 11.6 Å². The van der Waals surface area contributed by atoms with Crippen molar-refractivity contribution in [3.63, 3.8) is 0 Å². The first kappa shape index (κ1) is 14.8. The fraction of sp³-hybridized carbons (Fsp3) is 0.533. The molecule has 23 heavy (non-hydrogen) atoms. The minimum absolute atomic E-state index is 0.509. The monoisotopic (exact) mass is 333 g/mol. The molecule has 0 radical (unpaired) electrons. The van der Waals surface area contributed by atoms with Gasteiger partial charge in [-0.3, -0.25) is 9.89 Å². The summed E-state index contributed by atoms with van der Waals surface area (Å²) in [7, 11) is 0. The third-order valence-corrected chi connectivity index (χ3v) is 5.15. The number of rotatable bonds is 3. The predicted molar refractivity (Wildman–Crippen MR) is 88.2 cm³/mol. The maximum Gasteiger partial charge on any atom is 0.241 e. The second-order valence-corrected chi connectivity index (χ2v) is 7.21. The molecule has 122 valence electrons. The van der Waals surface area contributed by atoms with Crippen molar-refractivity contribution in [2.75, 3.05) is 32.7 Å². The Bertz CT molecular complexity index is 676. The first-order valence-electron chi connectivity index (χ1n) is 7.83. The maximum atomic E-state index is 5.33. The van der Waals surface area contributed by atoms with Crippen LogP contribution in [-0.4, -0.2) is 63.1 Å². The van der Waals surface area contributed by atoms with E-state index in [1.54, 1.807) is 6.26 Å². The molecular weight excluding hydrogens is 314 g/mol. The summed E-state index contributed by atoms with van der Waals surface area (Å²) < 4.78 is 10.6. The fourth-order valence-corrected chi connectivity index (χ4v) is 3.74. The summed E-state index contributed by atoms with van der Waals surface area (Å²) in [5, 5.41) is 5.79. The molecule has 0 spiro atoms. The molecule has 1 fully saturated rings. The Hall–Kier alpha value is -1.80. The van der Waals surface area contributed by atoms with E-state index in [0.717, 1.165) is 32.7 Å². The second-order valence-electron chi connectivity index (χ2n) is 5.80. The summed E-state index contributed by atoms with van der Waals surface area (Å²) >= 11 is 1.89. The van der Waals surface area contributed by atoms with Crippen molar-refractivity contribution < 1.29 is 8.94 Å². The van der Waals surface area contributed by atoms with Crippen LogP contribution in [-0.2, 0) is 6.54 Å². The smallest absolute Gasteiger partial charge is 0.241 e. The largest absolute Gasteiger partial charge is 0.461 e. The van der Waals surface area contributed by atoms with Gasteiger partial charge in [-0.1, -0.05) is 23.8 Å². The third-order valence-electron chi connectivity index (χ3n) is 4.00. The van der Waals surface area contributed by atoms with Crippen LogP contribution in [0.25, 0.3) is 11.6 Å². The van der Waals surface area contributed by atoms with Gasteiger partial charge in [-0.05, 0) is 12.1 Å². The normalized spacial score (nSPS) is 22.6. The van der Waals surface area contributed by atoms with E-state index in [-0.39, 0.29) is 0 Å². The summed E-state index contributed by atoms with van der Waals surface area (Å²) in [6.07, 6.45) is 1.61. The zero-order chi connectivity index (χ0) is 15.6. The molecule has 2 aliphatic heterocycles. The molecule has 7 nitrogen and oxygen atoms in total. The van der Waals surface area contributed by atoms with E-state index in [2.05, 4.69) is 31.9 Å². The van der Waals surface area contributed by atoms with Crippen LogP contribution in [0.3, 0.4) is 0 Å². The van der Waals surface area contributed by atoms with E-state index in [4.69, 9.17) is 8.94 Å². The molecule has 1 atom stereocenters. The van der Waals surface area contributed by atoms with Crippen molar-refractivity contribution in [1.29, 1.82) is 0 Å². The minimum Gasteiger partial charge on any atom is -0.461 e. The molecule has 0 amide bonds. The Morgan fingerprint density at radius 1 is 1.30 bits per heavy atom. The van der Waals surface area contributed by atoms with Gasteiger partial charge in [0.1, 0.15) is 0 Å². The molecule has 0 saturated carbocycles. The van der Waals surface area contributed by atoms with Gasteiger partial charge in [-0.25, -0.2) is 0 Å². The molecule has 0 aromatic carbocycles. The standard InChI is InChI=1S/C15H19N5O2S/c1-11-9-16-15(23-11)20-6-4-19(5-7-20)10-13-17-14(18-22-13)12-3-2-8-21-12/h2-3,8,11H,4-7,9-10H2,1H3/t11-/m1/s1. The van der Waals surface area contributed by atoms with Crippen LogP contribution in [0.4, 0.5) is 0 Å². The van der Waals surface area contributed by atoms with E-state index < -0.39 is 0 Å². The summed E-state index contributed by atoms with van der Waals surface area (Å²) in [6.45, 7) is 7.80. The van der Waals surface area contributed by atoms with Gasteiger partial charge >= 0.3 is 0 Å². The lowest BCUT2D eigenvalue weighted by Gasteiger charge is -2.34. The van der Waals surface area contributed by atoms with Gasteiger partial charge in [0.25, 0.3) is 0 Å². The fourth-order valence-electron chi connectivity index (χ4n) is 2.75. The molecule has 2 aliphatic rings. The molecule has 8 heteroatoms. The Morgan fingerprint density at radius 3 is 2.87 bits per heavy atom. The molecular formula is C15H19N5O2S. The molecule has 0 aliphatic carbocycles. The van der Waals surface area contributed by atoms with Crippen LogP contribution < -0.4 is 0 Å². The number of amidine groups is 1. The number of nitrogens with zero attached hydrogens (tertiary/aromatic N) is 5. The highest BCUT2D eigenvalue weighted by Crippen LogP contribution is 2.24. The average Bonchev–Trinajstić information content (AvgIpc) is 3.28. The molecule has 2 aromatic rings. The summed E-state index contributed by atoms with van der Waals surface area (Å²) in [5.41, 5.74) is 0. The number of piperazine rings is 1. The van der Waals surface area contributed by atoms with Crippen molar-refractivity contribution in [1.82, 2.24) is 19.9 Å². The summed E-state index contributed by atoms with van der Waals surface area (Å²) in [4.78, 5) is 13.7. The van der Waals surface area contributed by atoms with E-state index in [1.165, 1.54) is 5.17 Å². The first-order valence-corrected chi connectivity index (χ1v) is 8.71. The van der Waals surface area contributed by atoms with Gasteiger partial charge in [0, 0.05) is 31.4 Å². The first-order chi connectivity index (χ1) is 11.3. The van der Waals surface area contributed by atoms with Crippen LogP contribution >= 0.6 is 11.8 Å². The number of aliphatic imine (C=N–C) groups is 1. The quantitative estimate of drug-likeness (QED) is 0.850. The molecule has 0 N–H and O–H groups in total. The zero-order valence-corrected chi connectivity index (χ0v) is 13.8. The second kappa shape index (κ2) is 6.37. The number of furan rings is 1. The number of hydrogen-bond acceptors (Lipinski definition) is 8. The van der Waals surface area contributed by atoms with Crippen LogP contribution in [0.2, 0.25) is 0 Å². The third kappa shape index (κ3) is 3.28. The van der Waals surface area contributed by atoms with E-state index >= 15 is 0 Å². The summed E-state index contributed by atoms with van der Waals surface area (Å²) in [6, 6.07) is 3.64. The molecule has 4 heterocycles. The Labute approximate surface area is 138 Å². The van der Waals surface area contributed by atoms with Crippen molar-refractivity contribution >= 4 is 16.9 Å². The Kier molecular flexibility index (Phi) is 4.09. The maximum absolute atomic E-state index is 5.33. The van der Waals surface area contributed by atoms with Crippen molar-refractivity contribution in [2.45, 2.75) is 18.7 Å². The van der Waals surface area contributed by atoms with Gasteiger partial charge in [0.2, 0.25) is 11.7 Å². The number of aromatic nitrogens is 2. The van der Waals surface area contributed by atoms with Crippen LogP contribution in [0.5, 0.6) is 0 Å². The lowest BCUT2D eigenvalue weighted by atomic mass is 10.3. The topological polar surface area (TPSA) is 70.9 Å². The van der Waals surface area contributed by atoms with Crippen LogP contribution in [0, 0.1) is 0 Å². The zero-order valence-electron chi connectivity index (χ0n) is 13.0. The van der Waals surface area contributed by atoms with Crippen LogP contribution in [0.15, 0.2) is 32.3 Å². The number of thioether (sulfide) groups is 1. The number of hydrogen-bond donors (Lipinski definition) is 0. The SMILES string of the molecule is C[C@@H]1CN=C(N2CCN(Cc3nc(-c4ccco4)no3)CC2)S1. The van der Waals surface area contributed by atoms with E-state index in [9.17, 15) is 0 Å². The molecule has 0 bridgehead atoms. The van der Waals surface area contributed by atoms with Crippen molar-refractivity contribution in [2.24, 2.45) is 4.99 Å². The van der Waals surface area contributed by atoms with Gasteiger partial charge in [-0.2, -0.15) is 4.98 Å². The minimum atomic E-state index is 0.509. The molecule has 4 rings (SSSR count). The van der Waals surface area contributed by atoms with E-state index in [0.29, 0.717) is 29.3 Å². The Morgan fingerprint density at radius 2 is 2.17 bits per heavy atom. The highest BCUT2D eigenvalue weighted by atomic mass is 32.2. The molecule has 0 unspecified atom stereocenters. The average molecular weight is 333 g/mol. The van der Waals surface area contributed by atoms with Gasteiger partial charge in [-0.15, -0.1) is 0 Å². The predicted octanol–water partition coefficient (Wildman–Crippen LogP) is 1.94. The highest BCUT2D eigenvalue weighted by Gasteiger charge is 2.25. The Balaban J connectivity index is 1.31. The van der Waals surface area contributed by atoms with Gasteiger partial charge in [0.15, 0.2) is 10.9 Å².